The van der Waals surface area contributed by atoms with Crippen LogP contribution in [0.15, 0.2) is 148 Å². The highest BCUT2D eigenvalue weighted by Gasteiger charge is 2.02. The fraction of sp³-hybridized carbons (Fsp3) is 0.189. The van der Waals surface area contributed by atoms with Crippen LogP contribution in [0.5, 0.6) is 17.2 Å². The molecular weight excluding hydrogens is 548 g/mol. The van der Waals surface area contributed by atoms with Crippen LogP contribution < -0.4 is 14.2 Å². The zero-order chi connectivity index (χ0) is 30.2. The lowest BCUT2D eigenvalue weighted by Crippen LogP contribution is -2.02. The van der Waals surface area contributed by atoms with Crippen molar-refractivity contribution in [1.82, 2.24) is 0 Å². The summed E-state index contributed by atoms with van der Waals surface area (Å²) in [5.74, 6) is 2.58. The van der Waals surface area contributed by atoms with E-state index in [0.29, 0.717) is 13.2 Å². The predicted molar refractivity (Wildman–Crippen MR) is 176 cm³/mol. The van der Waals surface area contributed by atoms with Gasteiger partial charge in [0.1, 0.15) is 17.2 Å². The smallest absolute Gasteiger partial charge is 0.119 e. The third-order valence-corrected chi connectivity index (χ3v) is 6.60. The molecule has 0 bridgehead atoms. The van der Waals surface area contributed by atoms with Crippen molar-refractivity contribution in [2.24, 2.45) is 20.5 Å². The minimum atomic E-state index is 0.620. The Morgan fingerprint density at radius 2 is 0.727 bits per heavy atom. The van der Waals surface area contributed by atoms with Crippen molar-refractivity contribution in [1.29, 1.82) is 0 Å². The van der Waals surface area contributed by atoms with Crippen molar-refractivity contribution in [2.45, 2.75) is 26.2 Å². The Balaban J connectivity index is 0.979. The fourth-order valence-corrected chi connectivity index (χ4v) is 4.21. The number of hydrogen-bond acceptors (Lipinski definition) is 7. The minimum Gasteiger partial charge on any atom is -0.494 e. The Hall–Kier alpha value is -5.30. The van der Waals surface area contributed by atoms with Gasteiger partial charge in [-0.3, -0.25) is 0 Å². The summed E-state index contributed by atoms with van der Waals surface area (Å²) in [6, 6.07) is 41.1. The second kappa shape index (κ2) is 16.4. The average molecular weight is 585 g/mol. The first-order valence-electron chi connectivity index (χ1n) is 14.9. The third kappa shape index (κ3) is 9.63. The number of ether oxygens (including phenoxy) is 3. The Bertz CT molecular complexity index is 1600. The predicted octanol–water partition coefficient (Wildman–Crippen LogP) is 11.2. The SMILES string of the molecule is CCCOc1ccc(-c2ccc(OCCCCOc3ccc(N=Nc4ccc(N=Nc5ccccc5)cc4)cc3)cc2)cc1. The summed E-state index contributed by atoms with van der Waals surface area (Å²) in [6.07, 6.45) is 2.80. The molecule has 0 radical (unpaired) electrons. The van der Waals surface area contributed by atoms with Gasteiger partial charge in [0.25, 0.3) is 0 Å². The molecule has 0 N–H and O–H groups in total. The maximum Gasteiger partial charge on any atom is 0.119 e. The molecule has 44 heavy (non-hydrogen) atoms. The highest BCUT2D eigenvalue weighted by molar-refractivity contribution is 5.65. The van der Waals surface area contributed by atoms with Crippen LogP contribution in [0, 0.1) is 0 Å². The standard InChI is InChI=1S/C37H36N4O3/c1-2-26-42-35-20-10-29(11-21-35)30-12-22-36(23-13-30)43-27-6-7-28-44-37-24-18-34(19-25-37)41-40-33-16-14-32(15-17-33)39-38-31-8-4-3-5-9-31/h3-5,8-25H,2,6-7,26-28H2,1H3. The van der Waals surface area contributed by atoms with Gasteiger partial charge in [-0.1, -0.05) is 49.4 Å². The Labute approximate surface area is 258 Å². The maximum atomic E-state index is 5.92. The first-order valence-corrected chi connectivity index (χ1v) is 14.9. The molecule has 7 heteroatoms. The molecule has 5 aromatic carbocycles. The zero-order valence-electron chi connectivity index (χ0n) is 24.9. The van der Waals surface area contributed by atoms with E-state index in [1.807, 2.05) is 103 Å². The van der Waals surface area contributed by atoms with Crippen LogP contribution >= 0.6 is 0 Å². The van der Waals surface area contributed by atoms with E-state index in [4.69, 9.17) is 14.2 Å². The summed E-state index contributed by atoms with van der Waals surface area (Å²) in [5, 5.41) is 17.1. The molecule has 0 unspecified atom stereocenters. The second-order valence-corrected chi connectivity index (χ2v) is 10.0. The summed E-state index contributed by atoms with van der Waals surface area (Å²) in [6.45, 7) is 4.10. The van der Waals surface area contributed by atoms with Crippen LogP contribution in [0.1, 0.15) is 26.2 Å². The molecule has 7 nitrogen and oxygen atoms in total. The van der Waals surface area contributed by atoms with E-state index in [0.717, 1.165) is 77.0 Å². The summed E-state index contributed by atoms with van der Waals surface area (Å²) in [5.41, 5.74) is 5.37. The van der Waals surface area contributed by atoms with E-state index in [-0.39, 0.29) is 0 Å². The molecule has 0 aliphatic carbocycles. The van der Waals surface area contributed by atoms with Gasteiger partial charge in [-0.2, -0.15) is 20.5 Å². The van der Waals surface area contributed by atoms with Gasteiger partial charge in [0.05, 0.1) is 42.6 Å². The lowest BCUT2D eigenvalue weighted by molar-refractivity contribution is 0.266. The molecule has 0 fully saturated rings. The van der Waals surface area contributed by atoms with Gasteiger partial charge in [-0.15, -0.1) is 0 Å². The molecule has 0 amide bonds. The first kappa shape index (κ1) is 30.2. The molecule has 0 heterocycles. The van der Waals surface area contributed by atoms with Crippen LogP contribution in [-0.4, -0.2) is 19.8 Å². The molecule has 5 aromatic rings. The largest absolute Gasteiger partial charge is 0.494 e. The number of unbranched alkanes of at least 4 members (excludes halogenated alkanes) is 1. The molecule has 222 valence electrons. The maximum absolute atomic E-state index is 5.92. The molecule has 0 saturated heterocycles. The van der Waals surface area contributed by atoms with Crippen LogP contribution in [-0.2, 0) is 0 Å². The third-order valence-electron chi connectivity index (χ3n) is 6.60. The lowest BCUT2D eigenvalue weighted by atomic mass is 10.1. The Kier molecular flexibility index (Phi) is 11.2. The van der Waals surface area contributed by atoms with Crippen molar-refractivity contribution < 1.29 is 14.2 Å². The van der Waals surface area contributed by atoms with E-state index in [1.54, 1.807) is 0 Å². The van der Waals surface area contributed by atoms with Crippen molar-refractivity contribution >= 4 is 22.7 Å². The van der Waals surface area contributed by atoms with Crippen LogP contribution in [0.25, 0.3) is 11.1 Å². The number of rotatable bonds is 15. The monoisotopic (exact) mass is 584 g/mol. The summed E-state index contributed by atoms with van der Waals surface area (Å²) < 4.78 is 17.5. The second-order valence-electron chi connectivity index (χ2n) is 10.0. The quantitative estimate of drug-likeness (QED) is 0.0907. The summed E-state index contributed by atoms with van der Waals surface area (Å²) in [7, 11) is 0. The van der Waals surface area contributed by atoms with Gasteiger partial charge >= 0.3 is 0 Å². The van der Waals surface area contributed by atoms with Gasteiger partial charge in [-0.25, -0.2) is 0 Å². The average Bonchev–Trinajstić information content (AvgIpc) is 3.09. The zero-order valence-corrected chi connectivity index (χ0v) is 24.9. The normalized spacial score (nSPS) is 11.2. The van der Waals surface area contributed by atoms with Gasteiger partial charge in [0, 0.05) is 0 Å². The molecule has 0 aliphatic heterocycles. The number of hydrogen-bond donors (Lipinski definition) is 0. The Morgan fingerprint density at radius 3 is 1.14 bits per heavy atom. The number of nitrogens with zero attached hydrogens (tertiary/aromatic N) is 4. The van der Waals surface area contributed by atoms with E-state index in [1.165, 1.54) is 0 Å². The molecule has 0 saturated carbocycles. The van der Waals surface area contributed by atoms with Gasteiger partial charge in [0.15, 0.2) is 0 Å². The molecule has 0 atom stereocenters. The lowest BCUT2D eigenvalue weighted by Gasteiger charge is -2.09. The van der Waals surface area contributed by atoms with E-state index in [2.05, 4.69) is 51.6 Å². The molecular formula is C37H36N4O3. The van der Waals surface area contributed by atoms with Gasteiger partial charge in [0.2, 0.25) is 0 Å². The fourth-order valence-electron chi connectivity index (χ4n) is 4.21. The summed E-state index contributed by atoms with van der Waals surface area (Å²) in [4.78, 5) is 0. The van der Waals surface area contributed by atoms with Crippen molar-refractivity contribution in [3.63, 3.8) is 0 Å². The highest BCUT2D eigenvalue weighted by atomic mass is 16.5. The molecule has 5 rings (SSSR count). The van der Waals surface area contributed by atoms with E-state index < -0.39 is 0 Å². The van der Waals surface area contributed by atoms with Crippen molar-refractivity contribution in [3.05, 3.63) is 127 Å². The topological polar surface area (TPSA) is 77.1 Å². The number of azo groups is 2. The highest BCUT2D eigenvalue weighted by Crippen LogP contribution is 2.26. The molecule has 0 aromatic heterocycles. The number of benzene rings is 5. The molecule has 0 spiro atoms. The van der Waals surface area contributed by atoms with Crippen molar-refractivity contribution in [3.8, 4) is 28.4 Å². The van der Waals surface area contributed by atoms with E-state index >= 15 is 0 Å². The van der Waals surface area contributed by atoms with Crippen LogP contribution in [0.2, 0.25) is 0 Å². The van der Waals surface area contributed by atoms with Crippen molar-refractivity contribution in [2.75, 3.05) is 19.8 Å². The van der Waals surface area contributed by atoms with Gasteiger partial charge in [-0.05, 0) is 115 Å². The van der Waals surface area contributed by atoms with Gasteiger partial charge < -0.3 is 14.2 Å². The van der Waals surface area contributed by atoms with Crippen LogP contribution in [0.4, 0.5) is 22.7 Å². The van der Waals surface area contributed by atoms with E-state index in [9.17, 15) is 0 Å². The van der Waals surface area contributed by atoms with Crippen LogP contribution in [0.3, 0.4) is 0 Å². The molecule has 0 aliphatic rings. The summed E-state index contributed by atoms with van der Waals surface area (Å²) >= 11 is 0. The first-order chi connectivity index (χ1) is 21.7. The Morgan fingerprint density at radius 1 is 0.386 bits per heavy atom. The minimum absolute atomic E-state index is 0.620.